The lowest BCUT2D eigenvalue weighted by atomic mass is 10.1. The molecule has 0 aliphatic rings. The predicted molar refractivity (Wildman–Crippen MR) is 132 cm³/mol. The molecule has 0 aliphatic carbocycles. The van der Waals surface area contributed by atoms with Gasteiger partial charge < -0.3 is 9.47 Å². The van der Waals surface area contributed by atoms with Gasteiger partial charge in [0.15, 0.2) is 0 Å². The van der Waals surface area contributed by atoms with Crippen LogP contribution >= 0.6 is 0 Å². The van der Waals surface area contributed by atoms with E-state index in [-0.39, 0.29) is 18.2 Å². The molecule has 0 saturated heterocycles. The van der Waals surface area contributed by atoms with Gasteiger partial charge in [-0.1, -0.05) is 32.0 Å². The molecule has 176 valence electrons. The Morgan fingerprint density at radius 3 is 2.41 bits per heavy atom. The molecule has 3 aromatic rings. The zero-order valence-electron chi connectivity index (χ0n) is 20.8. The Labute approximate surface area is 201 Å². The number of benzene rings is 1. The van der Waals surface area contributed by atoms with Gasteiger partial charge in [0.25, 0.3) is 0 Å². The Balaban J connectivity index is 1.91. The normalized spacial score (nSPS) is 12.3. The zero-order chi connectivity index (χ0) is 25.4. The molecular weight excluding hydrogens is 430 g/mol. The number of hydrogen-bond donors (Lipinski definition) is 0. The van der Waals surface area contributed by atoms with E-state index >= 15 is 0 Å². The summed E-state index contributed by atoms with van der Waals surface area (Å²) in [6.07, 6.45) is 6.34. The number of amides is 1. The molecule has 0 N–H and O–H groups in total. The Morgan fingerprint density at radius 1 is 1.06 bits per heavy atom. The fourth-order valence-electron chi connectivity index (χ4n) is 3.18. The second-order valence-corrected chi connectivity index (χ2v) is 7.99. The quantitative estimate of drug-likeness (QED) is 0.333. The van der Waals surface area contributed by atoms with Gasteiger partial charge in [-0.3, -0.25) is 14.7 Å². The number of carbonyl (C=O) groups excluding carboxylic acids is 2. The molecule has 1 amide bonds. The highest BCUT2D eigenvalue weighted by Crippen LogP contribution is 2.23. The van der Waals surface area contributed by atoms with Crippen LogP contribution in [0.25, 0.3) is 17.2 Å². The molecule has 2 aromatic heterocycles. The van der Waals surface area contributed by atoms with Gasteiger partial charge in [-0.15, -0.1) is 0 Å². The van der Waals surface area contributed by atoms with E-state index in [1.54, 1.807) is 37.6 Å². The number of methoxy groups -OCH3 is 2. The summed E-state index contributed by atoms with van der Waals surface area (Å²) in [6, 6.07) is 14.6. The summed E-state index contributed by atoms with van der Waals surface area (Å²) in [6.45, 7) is 2.79. The van der Waals surface area contributed by atoms with Crippen LogP contribution in [0.1, 0.15) is 32.9 Å². The average Bonchev–Trinajstić information content (AvgIpc) is 2.87. The maximum Gasteiger partial charge on any atom is 0.330 e. The first kappa shape index (κ1) is 23.2. The minimum absolute atomic E-state index is 0.102. The van der Waals surface area contributed by atoms with Gasteiger partial charge in [0.1, 0.15) is 11.6 Å². The first-order valence-corrected chi connectivity index (χ1v) is 10.9. The molecule has 7 nitrogen and oxygen atoms in total. The Kier molecular flexibility index (Phi) is 8.00. The fourth-order valence-corrected chi connectivity index (χ4v) is 3.18. The topological polar surface area (TPSA) is 81.6 Å². The van der Waals surface area contributed by atoms with Crippen LogP contribution in [-0.2, 0) is 20.8 Å². The van der Waals surface area contributed by atoms with Crippen molar-refractivity contribution in [1.82, 2.24) is 9.97 Å². The molecule has 1 aromatic carbocycles. The first-order valence-electron chi connectivity index (χ1n) is 11.5. The van der Waals surface area contributed by atoms with E-state index < -0.39 is 12.5 Å². The number of pyridine rings is 2. The number of rotatable bonds is 9. The van der Waals surface area contributed by atoms with Gasteiger partial charge in [0.05, 0.1) is 27.8 Å². The highest BCUT2D eigenvalue weighted by Gasteiger charge is 2.19. The van der Waals surface area contributed by atoms with Crippen LogP contribution in [0.15, 0.2) is 67.0 Å². The molecule has 0 aliphatic heterocycles. The molecule has 3 rings (SSSR count). The summed E-state index contributed by atoms with van der Waals surface area (Å²) >= 11 is 0. The van der Waals surface area contributed by atoms with Crippen molar-refractivity contribution in [3.63, 3.8) is 0 Å². The van der Waals surface area contributed by atoms with Crippen molar-refractivity contribution in [3.05, 3.63) is 78.3 Å². The lowest BCUT2D eigenvalue weighted by Gasteiger charge is -2.23. The highest BCUT2D eigenvalue weighted by molar-refractivity contribution is 5.93. The molecule has 1 unspecified atom stereocenters. The van der Waals surface area contributed by atoms with Crippen LogP contribution in [0.2, 0.25) is 0 Å². The minimum atomic E-state index is -1.10. The summed E-state index contributed by atoms with van der Waals surface area (Å²) in [4.78, 5) is 34.8. The number of ether oxygens (including phenoxy) is 2. The third-order valence-electron chi connectivity index (χ3n) is 4.95. The molecule has 2 heterocycles. The maximum absolute atomic E-state index is 13.2. The van der Waals surface area contributed by atoms with Gasteiger partial charge in [-0.05, 0) is 53.5 Å². The molecule has 0 bridgehead atoms. The van der Waals surface area contributed by atoms with E-state index in [1.165, 1.54) is 24.3 Å². The third-order valence-corrected chi connectivity index (χ3v) is 4.95. The highest BCUT2D eigenvalue weighted by atomic mass is 16.5. The smallest absolute Gasteiger partial charge is 0.330 e. The zero-order valence-corrected chi connectivity index (χ0v) is 19.8. The molecule has 7 heteroatoms. The van der Waals surface area contributed by atoms with Crippen molar-refractivity contribution in [3.8, 4) is 16.9 Å². The van der Waals surface area contributed by atoms with Crippen molar-refractivity contribution in [2.75, 3.05) is 19.1 Å². The van der Waals surface area contributed by atoms with Crippen molar-refractivity contribution >= 4 is 23.8 Å². The van der Waals surface area contributed by atoms with E-state index in [0.29, 0.717) is 17.1 Å². The van der Waals surface area contributed by atoms with Crippen LogP contribution in [0.3, 0.4) is 0 Å². The summed E-state index contributed by atoms with van der Waals surface area (Å²) in [5, 5.41) is 0. The monoisotopic (exact) mass is 460 g/mol. The number of hydrogen-bond acceptors (Lipinski definition) is 6. The third kappa shape index (κ3) is 6.75. The van der Waals surface area contributed by atoms with E-state index in [9.17, 15) is 9.59 Å². The van der Waals surface area contributed by atoms with Gasteiger partial charge in [0.2, 0.25) is 5.91 Å². The second-order valence-electron chi connectivity index (χ2n) is 7.99. The molecule has 0 spiro atoms. The summed E-state index contributed by atoms with van der Waals surface area (Å²) in [5.74, 6) is 0.451. The first-order chi connectivity index (χ1) is 16.8. The number of anilines is 1. The lowest BCUT2D eigenvalue weighted by molar-refractivity contribution is -0.134. The van der Waals surface area contributed by atoms with E-state index in [4.69, 9.17) is 6.11 Å². The standard InChI is InChI=1S/C27H29N3O4/c1-19(2)15-26(31)30(25-16-20(13-14-28-25)5-12-27(32)34-4)18-23-9-6-22(17-29-23)21-7-10-24(33-3)11-8-21/h5-14,16-17,19H,15,18H2,1-4H3/b12-5+/i18D. The van der Waals surface area contributed by atoms with Gasteiger partial charge >= 0.3 is 5.97 Å². The lowest BCUT2D eigenvalue weighted by Crippen LogP contribution is -2.32. The average molecular weight is 461 g/mol. The van der Waals surface area contributed by atoms with Crippen molar-refractivity contribution in [2.24, 2.45) is 5.92 Å². The van der Waals surface area contributed by atoms with Crippen LogP contribution in [0.5, 0.6) is 5.75 Å². The Morgan fingerprint density at radius 2 is 1.79 bits per heavy atom. The van der Waals surface area contributed by atoms with E-state index in [0.717, 1.165) is 16.9 Å². The van der Waals surface area contributed by atoms with Gasteiger partial charge in [0, 0.05) is 30.5 Å². The molecular formula is C27H29N3O4. The molecule has 0 fully saturated rings. The van der Waals surface area contributed by atoms with Crippen LogP contribution in [0.4, 0.5) is 5.82 Å². The number of carbonyl (C=O) groups is 2. The van der Waals surface area contributed by atoms with Crippen molar-refractivity contribution < 1.29 is 20.4 Å². The summed E-state index contributed by atoms with van der Waals surface area (Å²) in [7, 11) is 2.92. The molecule has 0 saturated carbocycles. The SMILES string of the molecule is [2H]C(c1ccc(-c2ccc(OC)cc2)cn1)N(C(=O)CC(C)C)c1cc(/C=C/C(=O)OC)ccn1. The molecule has 0 radical (unpaired) electrons. The minimum Gasteiger partial charge on any atom is -0.497 e. The molecule has 1 atom stereocenters. The van der Waals surface area contributed by atoms with Gasteiger partial charge in [-0.25, -0.2) is 9.78 Å². The predicted octanol–water partition coefficient (Wildman–Crippen LogP) is 4.92. The largest absolute Gasteiger partial charge is 0.497 e. The van der Waals surface area contributed by atoms with Crippen LogP contribution < -0.4 is 9.64 Å². The number of esters is 1. The van der Waals surface area contributed by atoms with Crippen molar-refractivity contribution in [1.29, 1.82) is 0 Å². The Bertz CT molecular complexity index is 1180. The van der Waals surface area contributed by atoms with Gasteiger partial charge in [-0.2, -0.15) is 0 Å². The van der Waals surface area contributed by atoms with Crippen LogP contribution in [-0.4, -0.2) is 36.1 Å². The fraction of sp³-hybridized carbons (Fsp3) is 0.259. The number of nitrogens with zero attached hydrogens (tertiary/aromatic N) is 3. The second kappa shape index (κ2) is 11.7. The van der Waals surface area contributed by atoms with Crippen LogP contribution in [0, 0.1) is 5.92 Å². The van der Waals surface area contributed by atoms with E-state index in [1.807, 2.05) is 44.2 Å². The summed E-state index contributed by atoms with van der Waals surface area (Å²) in [5.41, 5.74) is 2.91. The molecule has 34 heavy (non-hydrogen) atoms. The summed E-state index contributed by atoms with van der Waals surface area (Å²) < 4.78 is 18.7. The Hall–Kier alpha value is -4.00. The number of aromatic nitrogens is 2. The maximum atomic E-state index is 13.2. The van der Waals surface area contributed by atoms with E-state index in [2.05, 4.69) is 14.7 Å². The van der Waals surface area contributed by atoms with Crippen molar-refractivity contribution in [2.45, 2.75) is 26.8 Å².